The third kappa shape index (κ3) is 2.84. The molecule has 0 bridgehead atoms. The van der Waals surface area contributed by atoms with Crippen LogP contribution in [0, 0.1) is 0 Å². The molecule has 0 unspecified atom stereocenters. The summed E-state index contributed by atoms with van der Waals surface area (Å²) in [6.45, 7) is 1.39. The summed E-state index contributed by atoms with van der Waals surface area (Å²) in [5, 5.41) is 2.58. The Morgan fingerprint density at radius 3 is 2.60 bits per heavy atom. The van der Waals surface area contributed by atoms with Gasteiger partial charge in [-0.15, -0.1) is 0 Å². The molecule has 0 saturated heterocycles. The molecule has 0 fully saturated rings. The molecular weight excluding hydrogens is 193 g/mol. The quantitative estimate of drug-likeness (QED) is 0.532. The topological polar surface area (TPSA) is 55.4 Å². The molecule has 4 nitrogen and oxygen atoms in total. The first-order valence-corrected chi connectivity index (χ1v) is 4.51. The van der Waals surface area contributed by atoms with Crippen molar-refractivity contribution < 1.29 is 14.3 Å². The minimum atomic E-state index is -0.456. The highest BCUT2D eigenvalue weighted by Gasteiger charge is 2.12. The Hall–Kier alpha value is -1.78. The number of hydrogen-bond donors (Lipinski definition) is 1. The van der Waals surface area contributed by atoms with Crippen LogP contribution < -0.4 is 10.8 Å². The van der Waals surface area contributed by atoms with Crippen LogP contribution in [-0.2, 0) is 9.53 Å². The van der Waals surface area contributed by atoms with Crippen LogP contribution in [0.2, 0.25) is 0 Å². The number of hydrogen-bond acceptors (Lipinski definition) is 3. The first-order valence-electron chi connectivity index (χ1n) is 4.51. The third-order valence-electron chi connectivity index (χ3n) is 1.89. The summed E-state index contributed by atoms with van der Waals surface area (Å²) in [4.78, 5) is 22.3. The number of esters is 1. The molecular formula is C10H12BNO3. The van der Waals surface area contributed by atoms with Crippen molar-refractivity contribution in [2.75, 3.05) is 12.4 Å². The van der Waals surface area contributed by atoms with Crippen LogP contribution in [0.25, 0.3) is 0 Å². The van der Waals surface area contributed by atoms with Gasteiger partial charge in [0.1, 0.15) is 7.85 Å². The van der Waals surface area contributed by atoms with Crippen molar-refractivity contribution in [3.05, 3.63) is 23.8 Å². The van der Waals surface area contributed by atoms with Gasteiger partial charge in [0.2, 0.25) is 5.91 Å². The van der Waals surface area contributed by atoms with E-state index in [1.54, 1.807) is 12.1 Å². The maximum atomic E-state index is 11.4. The smallest absolute Gasteiger partial charge is 0.339 e. The van der Waals surface area contributed by atoms with Crippen molar-refractivity contribution in [1.82, 2.24) is 0 Å². The lowest BCUT2D eigenvalue weighted by Gasteiger charge is -2.08. The Balaban J connectivity index is 3.14. The number of nitrogens with one attached hydrogen (secondary N) is 1. The van der Waals surface area contributed by atoms with E-state index in [0.29, 0.717) is 11.3 Å². The number of benzene rings is 1. The molecule has 1 rings (SSSR count). The van der Waals surface area contributed by atoms with Crippen LogP contribution in [0.15, 0.2) is 18.2 Å². The summed E-state index contributed by atoms with van der Waals surface area (Å²) in [7, 11) is 3.17. The van der Waals surface area contributed by atoms with Gasteiger partial charge in [-0.05, 0) is 6.07 Å². The van der Waals surface area contributed by atoms with E-state index in [4.69, 9.17) is 0 Å². The highest BCUT2D eigenvalue weighted by atomic mass is 16.5. The van der Waals surface area contributed by atoms with Gasteiger partial charge in [0, 0.05) is 6.92 Å². The predicted octanol–water partition coefficient (Wildman–Crippen LogP) is -0.310. The zero-order valence-electron chi connectivity index (χ0n) is 8.96. The van der Waals surface area contributed by atoms with E-state index in [2.05, 4.69) is 10.1 Å². The van der Waals surface area contributed by atoms with Crippen molar-refractivity contribution in [2.24, 2.45) is 0 Å². The summed E-state index contributed by atoms with van der Waals surface area (Å²) < 4.78 is 4.62. The Morgan fingerprint density at radius 2 is 2.07 bits per heavy atom. The number of rotatable bonds is 2. The van der Waals surface area contributed by atoms with Crippen LogP contribution in [0.5, 0.6) is 0 Å². The first-order chi connectivity index (χ1) is 7.04. The molecule has 1 amide bonds. The van der Waals surface area contributed by atoms with Crippen LogP contribution in [0.4, 0.5) is 5.69 Å². The molecule has 0 aliphatic rings. The molecule has 5 heteroatoms. The van der Waals surface area contributed by atoms with E-state index in [9.17, 15) is 9.59 Å². The minimum Gasteiger partial charge on any atom is -0.465 e. The Kier molecular flexibility index (Phi) is 3.49. The molecule has 78 valence electrons. The lowest BCUT2D eigenvalue weighted by atomic mass is 9.93. The summed E-state index contributed by atoms with van der Waals surface area (Å²) in [6.07, 6.45) is 0. The van der Waals surface area contributed by atoms with Gasteiger partial charge < -0.3 is 10.1 Å². The maximum absolute atomic E-state index is 11.4. The molecule has 0 aliphatic heterocycles. The largest absolute Gasteiger partial charge is 0.465 e. The molecule has 0 radical (unpaired) electrons. The molecule has 0 saturated carbocycles. The zero-order chi connectivity index (χ0) is 11.4. The fourth-order valence-corrected chi connectivity index (χ4v) is 1.24. The number of ether oxygens (including phenoxy) is 1. The summed E-state index contributed by atoms with van der Waals surface area (Å²) in [5.74, 6) is -0.675. The average molecular weight is 205 g/mol. The fourth-order valence-electron chi connectivity index (χ4n) is 1.24. The monoisotopic (exact) mass is 205 g/mol. The van der Waals surface area contributed by atoms with Crippen LogP contribution in [-0.4, -0.2) is 26.8 Å². The molecule has 0 atom stereocenters. The standard InChI is InChI=1S/C10H12BNO3/c1-6(13)12-9-4-3-7(11)5-8(9)10(14)15-2/h3-5H,11H2,1-2H3,(H,12,13). The van der Waals surface area contributed by atoms with E-state index < -0.39 is 5.97 Å². The number of carbonyl (C=O) groups is 2. The van der Waals surface area contributed by atoms with Gasteiger partial charge in [-0.2, -0.15) is 0 Å². The highest BCUT2D eigenvalue weighted by Crippen LogP contribution is 2.14. The molecule has 0 spiro atoms. The Labute approximate surface area is 89.0 Å². The number of methoxy groups -OCH3 is 1. The van der Waals surface area contributed by atoms with Crippen molar-refractivity contribution in [1.29, 1.82) is 0 Å². The second-order valence-corrected chi connectivity index (χ2v) is 3.22. The Morgan fingerprint density at radius 1 is 1.40 bits per heavy atom. The molecule has 0 aromatic heterocycles. The number of anilines is 1. The van der Waals surface area contributed by atoms with Crippen LogP contribution in [0.3, 0.4) is 0 Å². The van der Waals surface area contributed by atoms with Crippen molar-refractivity contribution in [3.8, 4) is 0 Å². The number of amides is 1. The Bertz CT molecular complexity index is 404. The fraction of sp³-hybridized carbons (Fsp3) is 0.200. The lowest BCUT2D eigenvalue weighted by Crippen LogP contribution is -2.15. The van der Waals surface area contributed by atoms with Gasteiger partial charge in [0.05, 0.1) is 18.4 Å². The zero-order valence-corrected chi connectivity index (χ0v) is 8.96. The average Bonchev–Trinajstić information content (AvgIpc) is 2.19. The van der Waals surface area contributed by atoms with Crippen LogP contribution in [0.1, 0.15) is 17.3 Å². The molecule has 1 N–H and O–H groups in total. The van der Waals surface area contributed by atoms with Crippen molar-refractivity contribution in [2.45, 2.75) is 6.92 Å². The van der Waals surface area contributed by atoms with E-state index in [-0.39, 0.29) is 5.91 Å². The molecule has 1 aromatic carbocycles. The molecule has 0 heterocycles. The predicted molar refractivity (Wildman–Crippen MR) is 60.3 cm³/mol. The summed E-state index contributed by atoms with van der Waals surface area (Å²) in [6, 6.07) is 5.18. The maximum Gasteiger partial charge on any atom is 0.339 e. The minimum absolute atomic E-state index is 0.219. The SMILES string of the molecule is Bc1ccc(NC(C)=O)c(C(=O)OC)c1. The van der Waals surface area contributed by atoms with Gasteiger partial charge in [-0.25, -0.2) is 4.79 Å². The van der Waals surface area contributed by atoms with E-state index >= 15 is 0 Å². The van der Waals surface area contributed by atoms with Gasteiger partial charge in [-0.1, -0.05) is 17.6 Å². The van der Waals surface area contributed by atoms with Gasteiger partial charge >= 0.3 is 5.97 Å². The van der Waals surface area contributed by atoms with Crippen LogP contribution >= 0.6 is 0 Å². The second kappa shape index (κ2) is 4.64. The van der Waals surface area contributed by atoms with Gasteiger partial charge in [-0.3, -0.25) is 4.79 Å². The third-order valence-corrected chi connectivity index (χ3v) is 1.89. The number of carbonyl (C=O) groups excluding carboxylic acids is 2. The normalized spacial score (nSPS) is 9.47. The van der Waals surface area contributed by atoms with E-state index in [0.717, 1.165) is 5.46 Å². The van der Waals surface area contributed by atoms with E-state index in [1.807, 2.05) is 13.9 Å². The van der Waals surface area contributed by atoms with Gasteiger partial charge in [0.15, 0.2) is 0 Å². The molecule has 0 aliphatic carbocycles. The lowest BCUT2D eigenvalue weighted by molar-refractivity contribution is -0.114. The van der Waals surface area contributed by atoms with Gasteiger partial charge in [0.25, 0.3) is 0 Å². The van der Waals surface area contributed by atoms with Crippen molar-refractivity contribution in [3.63, 3.8) is 0 Å². The highest BCUT2D eigenvalue weighted by molar-refractivity contribution is 6.33. The van der Waals surface area contributed by atoms with E-state index in [1.165, 1.54) is 14.0 Å². The molecule has 1 aromatic rings. The second-order valence-electron chi connectivity index (χ2n) is 3.22. The molecule has 15 heavy (non-hydrogen) atoms. The summed E-state index contributed by atoms with van der Waals surface area (Å²) >= 11 is 0. The van der Waals surface area contributed by atoms with Crippen molar-refractivity contribution >= 4 is 30.9 Å². The summed E-state index contributed by atoms with van der Waals surface area (Å²) in [5.41, 5.74) is 1.78. The first kappa shape index (κ1) is 11.3.